The van der Waals surface area contributed by atoms with Gasteiger partial charge in [0.2, 0.25) is 6.08 Å². The van der Waals surface area contributed by atoms with Crippen LogP contribution >= 0.6 is 0 Å². The van der Waals surface area contributed by atoms with Crippen LogP contribution in [0.2, 0.25) is 0 Å². The molecular formula is C12H12FNO2. The van der Waals surface area contributed by atoms with Crippen molar-refractivity contribution in [2.75, 3.05) is 7.11 Å². The van der Waals surface area contributed by atoms with Crippen LogP contribution in [0.5, 0.6) is 5.75 Å². The van der Waals surface area contributed by atoms with Crippen LogP contribution < -0.4 is 4.74 Å². The van der Waals surface area contributed by atoms with Gasteiger partial charge in [0.05, 0.1) is 12.6 Å². The van der Waals surface area contributed by atoms with Gasteiger partial charge in [0.1, 0.15) is 12.4 Å². The van der Waals surface area contributed by atoms with Crippen LogP contribution in [0.3, 0.4) is 0 Å². The van der Waals surface area contributed by atoms with Crippen molar-refractivity contribution < 1.29 is 13.9 Å². The second-order valence-corrected chi connectivity index (χ2v) is 3.85. The Kier molecular flexibility index (Phi) is 2.75. The number of nitrogens with zero attached hydrogens (tertiary/aromatic N) is 1. The molecular weight excluding hydrogens is 209 g/mol. The number of methoxy groups -OCH3 is 1. The normalized spacial score (nSPS) is 16.4. The maximum absolute atomic E-state index is 13.0. The number of halogens is 1. The van der Waals surface area contributed by atoms with Crippen molar-refractivity contribution in [2.24, 2.45) is 4.99 Å². The number of alkyl halides is 1. The molecule has 2 rings (SSSR count). The highest BCUT2D eigenvalue weighted by Crippen LogP contribution is 2.51. The van der Waals surface area contributed by atoms with Gasteiger partial charge in [-0.15, -0.1) is 0 Å². The summed E-state index contributed by atoms with van der Waals surface area (Å²) in [5, 5.41) is 0. The Morgan fingerprint density at radius 3 is 2.81 bits per heavy atom. The Hall–Kier alpha value is -1.67. The second-order valence-electron chi connectivity index (χ2n) is 3.85. The van der Waals surface area contributed by atoms with Crippen molar-refractivity contribution in [3.63, 3.8) is 0 Å². The molecule has 0 amide bonds. The van der Waals surface area contributed by atoms with E-state index in [1.54, 1.807) is 24.3 Å². The minimum Gasteiger partial charge on any atom is -0.496 e. The van der Waals surface area contributed by atoms with Crippen molar-refractivity contribution in [1.29, 1.82) is 0 Å². The molecule has 0 aromatic heterocycles. The van der Waals surface area contributed by atoms with E-state index in [9.17, 15) is 9.18 Å². The Morgan fingerprint density at radius 2 is 2.31 bits per heavy atom. The molecule has 0 heterocycles. The summed E-state index contributed by atoms with van der Waals surface area (Å²) in [6, 6.07) is 5.29. The zero-order chi connectivity index (χ0) is 11.6. The largest absolute Gasteiger partial charge is 0.496 e. The zero-order valence-electron chi connectivity index (χ0n) is 9.00. The van der Waals surface area contributed by atoms with Gasteiger partial charge in [-0.2, -0.15) is 4.99 Å². The fourth-order valence-electron chi connectivity index (χ4n) is 1.98. The molecule has 1 aliphatic rings. The average molecular weight is 221 g/mol. The first-order valence-corrected chi connectivity index (χ1v) is 5.09. The van der Waals surface area contributed by atoms with Gasteiger partial charge in [-0.3, -0.25) is 0 Å². The second kappa shape index (κ2) is 4.06. The fraction of sp³-hybridized carbons (Fsp3) is 0.417. The molecule has 84 valence electrons. The standard InChI is InChI=1S/C12H12FNO2/c1-16-11-4-2-3-10(9(11)7-13)12(5-6-12)14-8-15/h2-4H,5-7H2,1H3. The lowest BCUT2D eigenvalue weighted by atomic mass is 9.98. The minimum absolute atomic E-state index is 0.488. The first kappa shape index (κ1) is 10.8. The fourth-order valence-corrected chi connectivity index (χ4v) is 1.98. The molecule has 0 aliphatic heterocycles. The molecule has 0 radical (unpaired) electrons. The SMILES string of the molecule is COc1cccc(C2(N=C=O)CC2)c1CF. The van der Waals surface area contributed by atoms with Crippen molar-refractivity contribution in [3.05, 3.63) is 29.3 Å². The highest BCUT2D eigenvalue weighted by molar-refractivity contribution is 5.49. The molecule has 0 unspecified atom stereocenters. The van der Waals surface area contributed by atoms with E-state index in [1.165, 1.54) is 7.11 Å². The summed E-state index contributed by atoms with van der Waals surface area (Å²) in [4.78, 5) is 14.2. The summed E-state index contributed by atoms with van der Waals surface area (Å²) < 4.78 is 18.1. The van der Waals surface area contributed by atoms with Crippen molar-refractivity contribution in [2.45, 2.75) is 25.1 Å². The first-order valence-electron chi connectivity index (χ1n) is 5.09. The molecule has 0 atom stereocenters. The summed E-state index contributed by atoms with van der Waals surface area (Å²) in [6.45, 7) is -0.616. The number of isocyanates is 1. The van der Waals surface area contributed by atoms with Crippen molar-refractivity contribution >= 4 is 6.08 Å². The summed E-state index contributed by atoms with van der Waals surface area (Å²) in [5.41, 5.74) is 0.691. The topological polar surface area (TPSA) is 38.7 Å². The van der Waals surface area contributed by atoms with Gasteiger partial charge in [0.15, 0.2) is 0 Å². The van der Waals surface area contributed by atoms with Crippen LogP contribution in [-0.4, -0.2) is 13.2 Å². The lowest BCUT2D eigenvalue weighted by molar-refractivity contribution is 0.391. The van der Waals surface area contributed by atoms with E-state index in [0.29, 0.717) is 11.3 Å². The number of ether oxygens (including phenoxy) is 1. The summed E-state index contributed by atoms with van der Waals surface area (Å²) in [5.74, 6) is 0.507. The summed E-state index contributed by atoms with van der Waals surface area (Å²) in [7, 11) is 1.50. The predicted molar refractivity (Wildman–Crippen MR) is 56.8 cm³/mol. The van der Waals surface area contributed by atoms with E-state index in [-0.39, 0.29) is 0 Å². The van der Waals surface area contributed by atoms with Gasteiger partial charge in [0.25, 0.3) is 0 Å². The van der Waals surface area contributed by atoms with Crippen LogP contribution in [0.4, 0.5) is 4.39 Å². The monoisotopic (exact) mass is 221 g/mol. The van der Waals surface area contributed by atoms with Crippen LogP contribution in [0.1, 0.15) is 24.0 Å². The number of benzene rings is 1. The Labute approximate surface area is 93.0 Å². The van der Waals surface area contributed by atoms with Crippen molar-refractivity contribution in [1.82, 2.24) is 0 Å². The number of aliphatic imine (C=N–C) groups is 1. The predicted octanol–water partition coefficient (Wildman–Crippen LogP) is 2.49. The molecule has 0 spiro atoms. The van der Waals surface area contributed by atoms with Gasteiger partial charge in [-0.1, -0.05) is 12.1 Å². The van der Waals surface area contributed by atoms with Crippen LogP contribution in [-0.2, 0) is 17.0 Å². The molecule has 0 N–H and O–H groups in total. The third-order valence-corrected chi connectivity index (χ3v) is 2.97. The molecule has 1 aliphatic carbocycles. The van der Waals surface area contributed by atoms with Gasteiger partial charge < -0.3 is 4.74 Å². The molecule has 4 heteroatoms. The summed E-state index contributed by atoms with van der Waals surface area (Å²) in [6.07, 6.45) is 3.10. The molecule has 0 bridgehead atoms. The van der Waals surface area contributed by atoms with Crippen LogP contribution in [0.25, 0.3) is 0 Å². The van der Waals surface area contributed by atoms with Crippen LogP contribution in [0.15, 0.2) is 23.2 Å². The van der Waals surface area contributed by atoms with E-state index >= 15 is 0 Å². The smallest absolute Gasteiger partial charge is 0.235 e. The third-order valence-electron chi connectivity index (χ3n) is 2.97. The molecule has 1 aromatic carbocycles. The molecule has 1 saturated carbocycles. The molecule has 1 aromatic rings. The lowest BCUT2D eigenvalue weighted by Gasteiger charge is -2.15. The summed E-state index contributed by atoms with van der Waals surface area (Å²) >= 11 is 0. The Morgan fingerprint density at radius 1 is 1.56 bits per heavy atom. The molecule has 16 heavy (non-hydrogen) atoms. The lowest BCUT2D eigenvalue weighted by Crippen LogP contribution is -2.07. The van der Waals surface area contributed by atoms with E-state index < -0.39 is 12.2 Å². The van der Waals surface area contributed by atoms with E-state index in [1.807, 2.05) is 0 Å². The maximum Gasteiger partial charge on any atom is 0.235 e. The average Bonchev–Trinajstić information content (AvgIpc) is 3.09. The molecule has 1 fully saturated rings. The number of hydrogen-bond donors (Lipinski definition) is 0. The van der Waals surface area contributed by atoms with Gasteiger partial charge >= 0.3 is 0 Å². The van der Waals surface area contributed by atoms with E-state index in [0.717, 1.165) is 18.4 Å². The third kappa shape index (κ3) is 1.61. The number of rotatable bonds is 4. The molecule has 3 nitrogen and oxygen atoms in total. The highest BCUT2D eigenvalue weighted by Gasteiger charge is 2.46. The first-order chi connectivity index (χ1) is 7.77. The van der Waals surface area contributed by atoms with Gasteiger partial charge in [-0.05, 0) is 24.5 Å². The van der Waals surface area contributed by atoms with Crippen LogP contribution in [0, 0.1) is 0 Å². The zero-order valence-corrected chi connectivity index (χ0v) is 9.00. The maximum atomic E-state index is 13.0. The van der Waals surface area contributed by atoms with Gasteiger partial charge in [0, 0.05) is 5.56 Å². The Bertz CT molecular complexity index is 448. The van der Waals surface area contributed by atoms with E-state index in [2.05, 4.69) is 4.99 Å². The minimum atomic E-state index is -0.616. The highest BCUT2D eigenvalue weighted by atomic mass is 19.1. The van der Waals surface area contributed by atoms with Crippen molar-refractivity contribution in [3.8, 4) is 5.75 Å². The number of carbonyl (C=O) groups excluding carboxylic acids is 1. The molecule has 0 saturated heterocycles. The van der Waals surface area contributed by atoms with Gasteiger partial charge in [-0.25, -0.2) is 9.18 Å². The quantitative estimate of drug-likeness (QED) is 0.578. The van der Waals surface area contributed by atoms with E-state index in [4.69, 9.17) is 4.74 Å². The number of hydrogen-bond acceptors (Lipinski definition) is 3. The Balaban J connectivity index is 2.52.